The molecule has 0 aliphatic rings. The zero-order valence-electron chi connectivity index (χ0n) is 15.2. The number of nitrogen functional groups attached to an aromatic ring is 1. The van der Waals surface area contributed by atoms with Gasteiger partial charge in [-0.2, -0.15) is 5.26 Å². The van der Waals surface area contributed by atoms with Gasteiger partial charge < -0.3 is 15.2 Å². The summed E-state index contributed by atoms with van der Waals surface area (Å²) in [6, 6.07) is 15.0. The van der Waals surface area contributed by atoms with Crippen LogP contribution in [0.4, 0.5) is 11.5 Å². The zero-order valence-corrected chi connectivity index (χ0v) is 15.2. The van der Waals surface area contributed by atoms with Crippen molar-refractivity contribution in [2.45, 2.75) is 0 Å². The van der Waals surface area contributed by atoms with Crippen molar-refractivity contribution in [3.05, 3.63) is 64.2 Å². The molecule has 0 unspecified atom stereocenters. The molecule has 1 heterocycles. The molecule has 0 bridgehead atoms. The van der Waals surface area contributed by atoms with Crippen LogP contribution in [-0.4, -0.2) is 24.1 Å². The van der Waals surface area contributed by atoms with E-state index in [1.54, 1.807) is 36.4 Å². The van der Waals surface area contributed by atoms with E-state index in [1.807, 2.05) is 0 Å². The number of ether oxygens (including phenoxy) is 2. The molecule has 3 rings (SSSR count). The maximum atomic E-state index is 11.1. The summed E-state index contributed by atoms with van der Waals surface area (Å²) >= 11 is 0. The number of nitro benzene ring substituents is 1. The molecule has 2 aromatic carbocycles. The van der Waals surface area contributed by atoms with Crippen LogP contribution in [0.5, 0.6) is 11.5 Å². The quantitative estimate of drug-likeness (QED) is 0.530. The SMILES string of the molecule is COc1cc(OC)cc(-c2cc(-c3cccc([N+](=O)[O-])c3)nc(N)c2C#N)c1. The Balaban J connectivity index is 2.24. The molecule has 28 heavy (non-hydrogen) atoms. The first-order valence-electron chi connectivity index (χ1n) is 8.15. The van der Waals surface area contributed by atoms with Crippen LogP contribution >= 0.6 is 0 Å². The van der Waals surface area contributed by atoms with Crippen LogP contribution in [0.1, 0.15) is 5.56 Å². The summed E-state index contributed by atoms with van der Waals surface area (Å²) in [5, 5.41) is 20.6. The molecular formula is C20H16N4O4. The van der Waals surface area contributed by atoms with Gasteiger partial charge in [0.2, 0.25) is 0 Å². The van der Waals surface area contributed by atoms with E-state index < -0.39 is 4.92 Å². The molecule has 0 spiro atoms. The standard InChI is InChI=1S/C20H16N4O4/c1-27-15-7-13(8-16(9-15)28-2)17-10-19(23-20(22)18(17)11-21)12-4-3-5-14(6-12)24(25)26/h3-10H,1-2H3,(H2,22,23). The van der Waals surface area contributed by atoms with E-state index in [9.17, 15) is 15.4 Å². The van der Waals surface area contributed by atoms with Gasteiger partial charge in [0.05, 0.1) is 24.8 Å². The molecule has 8 nitrogen and oxygen atoms in total. The molecule has 140 valence electrons. The minimum atomic E-state index is -0.482. The fraction of sp³-hybridized carbons (Fsp3) is 0.100. The van der Waals surface area contributed by atoms with Crippen LogP contribution in [-0.2, 0) is 0 Å². The van der Waals surface area contributed by atoms with Crippen LogP contribution in [0.15, 0.2) is 48.5 Å². The van der Waals surface area contributed by atoms with E-state index in [0.717, 1.165) is 0 Å². The predicted octanol–water partition coefficient (Wildman–Crippen LogP) is 3.79. The number of non-ortho nitro benzene ring substituents is 1. The van der Waals surface area contributed by atoms with Crippen molar-refractivity contribution in [3.63, 3.8) is 0 Å². The Bertz CT molecular complexity index is 1080. The molecule has 8 heteroatoms. The number of aromatic nitrogens is 1. The summed E-state index contributed by atoms with van der Waals surface area (Å²) in [6.45, 7) is 0. The number of pyridine rings is 1. The molecule has 0 radical (unpaired) electrons. The summed E-state index contributed by atoms with van der Waals surface area (Å²) in [5.74, 6) is 1.12. The summed E-state index contributed by atoms with van der Waals surface area (Å²) in [7, 11) is 3.05. The lowest BCUT2D eigenvalue weighted by molar-refractivity contribution is -0.384. The summed E-state index contributed by atoms with van der Waals surface area (Å²) in [6.07, 6.45) is 0. The fourth-order valence-electron chi connectivity index (χ4n) is 2.80. The molecule has 0 fully saturated rings. The van der Waals surface area contributed by atoms with Crippen LogP contribution in [0.2, 0.25) is 0 Å². The number of nitrogens with two attached hydrogens (primary N) is 1. The number of rotatable bonds is 5. The van der Waals surface area contributed by atoms with E-state index in [1.165, 1.54) is 26.4 Å². The second-order valence-electron chi connectivity index (χ2n) is 5.84. The van der Waals surface area contributed by atoms with E-state index >= 15 is 0 Å². The normalized spacial score (nSPS) is 10.2. The highest BCUT2D eigenvalue weighted by Crippen LogP contribution is 2.35. The van der Waals surface area contributed by atoms with Crippen LogP contribution in [0, 0.1) is 21.4 Å². The number of nitrogens with zero attached hydrogens (tertiary/aromatic N) is 3. The summed E-state index contributed by atoms with van der Waals surface area (Å²) in [4.78, 5) is 14.8. The third-order valence-corrected chi connectivity index (χ3v) is 4.17. The van der Waals surface area contributed by atoms with Crippen molar-refractivity contribution < 1.29 is 14.4 Å². The third-order valence-electron chi connectivity index (χ3n) is 4.17. The van der Waals surface area contributed by atoms with Gasteiger partial charge in [0.15, 0.2) is 0 Å². The van der Waals surface area contributed by atoms with Crippen LogP contribution in [0.25, 0.3) is 22.4 Å². The molecule has 3 aromatic rings. The van der Waals surface area contributed by atoms with Crippen molar-refractivity contribution in [1.29, 1.82) is 5.26 Å². The smallest absolute Gasteiger partial charge is 0.270 e. The number of nitriles is 1. The van der Waals surface area contributed by atoms with Gasteiger partial charge in [0, 0.05) is 29.3 Å². The number of hydrogen-bond acceptors (Lipinski definition) is 7. The van der Waals surface area contributed by atoms with Crippen LogP contribution < -0.4 is 15.2 Å². The van der Waals surface area contributed by atoms with E-state index in [-0.39, 0.29) is 17.1 Å². The number of nitro groups is 1. The van der Waals surface area contributed by atoms with Crippen molar-refractivity contribution in [3.8, 4) is 40.0 Å². The lowest BCUT2D eigenvalue weighted by Crippen LogP contribution is -2.00. The van der Waals surface area contributed by atoms with Gasteiger partial charge >= 0.3 is 0 Å². The van der Waals surface area contributed by atoms with E-state index in [4.69, 9.17) is 15.2 Å². The summed E-state index contributed by atoms with van der Waals surface area (Å²) in [5.41, 5.74) is 8.25. The molecule has 0 atom stereocenters. The first kappa shape index (κ1) is 18.7. The van der Waals surface area contributed by atoms with Gasteiger partial charge in [-0.15, -0.1) is 0 Å². The molecule has 0 saturated carbocycles. The van der Waals surface area contributed by atoms with Gasteiger partial charge in [-0.25, -0.2) is 4.98 Å². The summed E-state index contributed by atoms with van der Waals surface area (Å²) < 4.78 is 10.6. The Kier molecular flexibility index (Phi) is 5.09. The molecule has 2 N–H and O–H groups in total. The first-order chi connectivity index (χ1) is 13.5. The first-order valence-corrected chi connectivity index (χ1v) is 8.15. The Morgan fingerprint density at radius 2 is 1.75 bits per heavy atom. The lowest BCUT2D eigenvalue weighted by Gasteiger charge is -2.13. The van der Waals surface area contributed by atoms with Gasteiger partial charge in [-0.1, -0.05) is 12.1 Å². The maximum Gasteiger partial charge on any atom is 0.270 e. The molecule has 1 aromatic heterocycles. The highest BCUT2D eigenvalue weighted by atomic mass is 16.6. The van der Waals surface area contributed by atoms with Crippen molar-refractivity contribution >= 4 is 11.5 Å². The Morgan fingerprint density at radius 3 is 2.32 bits per heavy atom. The minimum absolute atomic E-state index is 0.0308. The number of benzene rings is 2. The topological polar surface area (TPSA) is 124 Å². The van der Waals surface area contributed by atoms with Crippen LogP contribution in [0.3, 0.4) is 0 Å². The molecule has 0 aliphatic carbocycles. The highest BCUT2D eigenvalue weighted by molar-refractivity contribution is 5.81. The Morgan fingerprint density at radius 1 is 1.07 bits per heavy atom. The Labute approximate surface area is 160 Å². The second-order valence-corrected chi connectivity index (χ2v) is 5.84. The van der Waals surface area contributed by atoms with Gasteiger partial charge in [-0.3, -0.25) is 10.1 Å². The van der Waals surface area contributed by atoms with Gasteiger partial charge in [0.1, 0.15) is 28.9 Å². The zero-order chi connectivity index (χ0) is 20.3. The third kappa shape index (κ3) is 3.54. The minimum Gasteiger partial charge on any atom is -0.497 e. The Hall–Kier alpha value is -4.12. The largest absolute Gasteiger partial charge is 0.497 e. The fourth-order valence-corrected chi connectivity index (χ4v) is 2.80. The van der Waals surface area contributed by atoms with Crippen molar-refractivity contribution in [1.82, 2.24) is 4.98 Å². The monoisotopic (exact) mass is 376 g/mol. The second kappa shape index (κ2) is 7.63. The van der Waals surface area contributed by atoms with Gasteiger partial charge in [0.25, 0.3) is 5.69 Å². The molecule has 0 saturated heterocycles. The molecule has 0 amide bonds. The average molecular weight is 376 g/mol. The predicted molar refractivity (Wildman–Crippen MR) is 104 cm³/mol. The van der Waals surface area contributed by atoms with E-state index in [2.05, 4.69) is 11.1 Å². The number of hydrogen-bond donors (Lipinski definition) is 1. The van der Waals surface area contributed by atoms with Gasteiger partial charge in [-0.05, 0) is 23.8 Å². The highest BCUT2D eigenvalue weighted by Gasteiger charge is 2.16. The molecular weight excluding hydrogens is 360 g/mol. The van der Waals surface area contributed by atoms with E-state index in [0.29, 0.717) is 33.9 Å². The van der Waals surface area contributed by atoms with Crippen molar-refractivity contribution in [2.24, 2.45) is 0 Å². The average Bonchev–Trinajstić information content (AvgIpc) is 2.72. The lowest BCUT2D eigenvalue weighted by atomic mass is 9.98. The maximum absolute atomic E-state index is 11.1. The number of methoxy groups -OCH3 is 2. The molecule has 0 aliphatic heterocycles. The van der Waals surface area contributed by atoms with Crippen molar-refractivity contribution in [2.75, 3.05) is 20.0 Å². The number of anilines is 1.